The molecule has 0 aromatic heterocycles. The van der Waals surface area contributed by atoms with Gasteiger partial charge in [0.15, 0.2) is 0 Å². The van der Waals surface area contributed by atoms with E-state index in [1.54, 1.807) is 6.92 Å². The maximum Gasteiger partial charge on any atom is 0.328 e. The quantitative estimate of drug-likeness (QED) is 0.250. The Hall–Kier alpha value is -1.42. The molecule has 2 N–H and O–H groups in total. The molecule has 1 aromatic rings. The van der Waals surface area contributed by atoms with Crippen LogP contribution in [0.5, 0.6) is 0 Å². The molecule has 1 saturated heterocycles. The van der Waals surface area contributed by atoms with Gasteiger partial charge in [-0.25, -0.2) is 4.79 Å². The molecule has 8 nitrogen and oxygen atoms in total. The number of ether oxygens (including phenoxy) is 2. The van der Waals surface area contributed by atoms with E-state index in [9.17, 15) is 14.7 Å². The Kier molecular flexibility index (Phi) is 11.7. The minimum Gasteiger partial charge on any atom is -0.464 e. The summed E-state index contributed by atoms with van der Waals surface area (Å²) in [7, 11) is 2.13. The zero-order chi connectivity index (χ0) is 26.1. The van der Waals surface area contributed by atoms with Gasteiger partial charge in [-0.1, -0.05) is 30.3 Å². The van der Waals surface area contributed by atoms with Crippen LogP contribution in [0.4, 0.5) is 0 Å². The van der Waals surface area contributed by atoms with Crippen LogP contribution in [0.2, 0.25) is 0 Å². The standard InChI is InChI=1S/C26H39Cl2N3O5/c1-3-35-26(34)21(16-18-8-5-4-6-9-18)29-25(33)19-17-20(27)24(22(28)23(19)32)36-15-7-10-31-13-11-30(2)12-14-31/h4-6,8-9,19-24,32H,3,7,10-17H2,1-2H3,(H,29,33)/t19?,20?,21-,22?,23?,24?/m0/s1. The number of nitrogens with zero attached hydrogens (tertiary/aromatic N) is 2. The van der Waals surface area contributed by atoms with Gasteiger partial charge in [0.2, 0.25) is 5.91 Å². The maximum atomic E-state index is 13.1. The van der Waals surface area contributed by atoms with Crippen molar-refractivity contribution in [3.05, 3.63) is 35.9 Å². The molecule has 0 spiro atoms. The Morgan fingerprint density at radius 2 is 1.86 bits per heavy atom. The fourth-order valence-electron chi connectivity index (χ4n) is 4.73. The molecule has 1 aromatic carbocycles. The Balaban J connectivity index is 1.52. The second-order valence-corrected chi connectivity index (χ2v) is 10.7. The molecule has 0 bridgehead atoms. The highest BCUT2D eigenvalue weighted by Gasteiger charge is 2.46. The van der Waals surface area contributed by atoms with E-state index >= 15 is 0 Å². The number of aliphatic hydroxyl groups excluding tert-OH is 1. The summed E-state index contributed by atoms with van der Waals surface area (Å²) in [5, 5.41) is 12.2. The summed E-state index contributed by atoms with van der Waals surface area (Å²) in [4.78, 5) is 30.4. The number of halogens is 2. The summed E-state index contributed by atoms with van der Waals surface area (Å²) in [6.45, 7) is 7.55. The van der Waals surface area contributed by atoms with Gasteiger partial charge < -0.3 is 29.7 Å². The van der Waals surface area contributed by atoms with Crippen molar-refractivity contribution in [2.75, 3.05) is 53.0 Å². The predicted molar refractivity (Wildman–Crippen MR) is 140 cm³/mol. The van der Waals surface area contributed by atoms with E-state index in [1.807, 2.05) is 30.3 Å². The number of rotatable bonds is 11. The molecule has 36 heavy (non-hydrogen) atoms. The lowest BCUT2D eigenvalue weighted by molar-refractivity contribution is -0.149. The highest BCUT2D eigenvalue weighted by molar-refractivity contribution is 6.25. The summed E-state index contributed by atoms with van der Waals surface area (Å²) in [5.74, 6) is -1.85. The van der Waals surface area contributed by atoms with Gasteiger partial charge in [0.1, 0.15) is 6.04 Å². The number of aliphatic hydroxyl groups is 1. The lowest BCUT2D eigenvalue weighted by atomic mass is 9.83. The third kappa shape index (κ3) is 8.30. The van der Waals surface area contributed by atoms with Crippen LogP contribution in [-0.2, 0) is 25.5 Å². The van der Waals surface area contributed by atoms with Crippen LogP contribution in [0.15, 0.2) is 30.3 Å². The van der Waals surface area contributed by atoms with Crippen LogP contribution in [0.3, 0.4) is 0 Å². The van der Waals surface area contributed by atoms with E-state index < -0.39 is 46.8 Å². The molecule has 2 aliphatic rings. The second-order valence-electron chi connectivity index (χ2n) is 9.63. The van der Waals surface area contributed by atoms with Gasteiger partial charge in [0.25, 0.3) is 0 Å². The first-order chi connectivity index (χ1) is 17.3. The van der Waals surface area contributed by atoms with E-state index in [0.717, 1.165) is 44.7 Å². The van der Waals surface area contributed by atoms with Gasteiger partial charge in [0.05, 0.1) is 35.5 Å². The topological polar surface area (TPSA) is 91.3 Å². The number of likely N-dealkylation sites (N-methyl/N-ethyl adjacent to an activating group) is 1. The highest BCUT2D eigenvalue weighted by atomic mass is 35.5. The van der Waals surface area contributed by atoms with Crippen molar-refractivity contribution in [3.63, 3.8) is 0 Å². The number of benzene rings is 1. The van der Waals surface area contributed by atoms with Gasteiger partial charge in [-0.2, -0.15) is 0 Å². The molecule has 3 rings (SSSR count). The second kappa shape index (κ2) is 14.5. The normalized spacial score (nSPS) is 28.4. The van der Waals surface area contributed by atoms with E-state index in [0.29, 0.717) is 6.61 Å². The molecule has 202 valence electrons. The average Bonchev–Trinajstić information content (AvgIpc) is 2.87. The van der Waals surface area contributed by atoms with E-state index in [1.165, 1.54) is 0 Å². The lowest BCUT2D eigenvalue weighted by Gasteiger charge is -2.40. The monoisotopic (exact) mass is 543 g/mol. The SMILES string of the molecule is CCOC(=O)[C@H](Cc1ccccc1)NC(=O)C1CC(Cl)C(OCCCN2CCN(C)CC2)C(Cl)C1O. The summed E-state index contributed by atoms with van der Waals surface area (Å²) in [6.07, 6.45) is -0.397. The van der Waals surface area contributed by atoms with Gasteiger partial charge in [-0.05, 0) is 32.4 Å². The van der Waals surface area contributed by atoms with Gasteiger partial charge >= 0.3 is 5.97 Å². The molecular weight excluding hydrogens is 505 g/mol. The first-order valence-electron chi connectivity index (χ1n) is 12.8. The van der Waals surface area contributed by atoms with Gasteiger partial charge in [-0.3, -0.25) is 4.79 Å². The highest BCUT2D eigenvalue weighted by Crippen LogP contribution is 2.34. The smallest absolute Gasteiger partial charge is 0.328 e. The molecule has 10 heteroatoms. The van der Waals surface area contributed by atoms with Crippen molar-refractivity contribution in [2.45, 2.75) is 55.2 Å². The van der Waals surface area contributed by atoms with Crippen molar-refractivity contribution in [2.24, 2.45) is 5.92 Å². The molecule has 6 atom stereocenters. The Labute approximate surface area is 224 Å². The van der Waals surface area contributed by atoms with Crippen molar-refractivity contribution < 1.29 is 24.2 Å². The molecular formula is C26H39Cl2N3O5. The van der Waals surface area contributed by atoms with Crippen molar-refractivity contribution in [1.82, 2.24) is 15.1 Å². The number of esters is 1. The van der Waals surface area contributed by atoms with E-state index in [2.05, 4.69) is 22.2 Å². The number of amides is 1. The van der Waals surface area contributed by atoms with Crippen molar-refractivity contribution >= 4 is 35.1 Å². The summed E-state index contributed by atoms with van der Waals surface area (Å²) in [5.41, 5.74) is 0.885. The number of alkyl halides is 2. The maximum absolute atomic E-state index is 13.1. The average molecular weight is 545 g/mol. The molecule has 2 fully saturated rings. The van der Waals surface area contributed by atoms with E-state index in [-0.39, 0.29) is 19.4 Å². The van der Waals surface area contributed by atoms with Crippen LogP contribution in [0.25, 0.3) is 0 Å². The molecule has 5 unspecified atom stereocenters. The van der Waals surface area contributed by atoms with Crippen LogP contribution in [-0.4, -0.2) is 109 Å². The minimum atomic E-state index is -1.15. The molecule has 1 aliphatic carbocycles. The largest absolute Gasteiger partial charge is 0.464 e. The third-order valence-electron chi connectivity index (χ3n) is 6.92. The molecule has 1 aliphatic heterocycles. The molecule has 0 radical (unpaired) electrons. The fourth-order valence-corrected chi connectivity index (χ4v) is 5.65. The van der Waals surface area contributed by atoms with Crippen molar-refractivity contribution in [1.29, 1.82) is 0 Å². The Morgan fingerprint density at radius 3 is 2.53 bits per heavy atom. The number of carbonyl (C=O) groups excluding carboxylic acids is 2. The number of hydrogen-bond acceptors (Lipinski definition) is 7. The third-order valence-corrected chi connectivity index (χ3v) is 7.85. The summed E-state index contributed by atoms with van der Waals surface area (Å²) >= 11 is 13.1. The molecule has 1 heterocycles. The summed E-state index contributed by atoms with van der Waals surface area (Å²) in [6, 6.07) is 8.49. The number of hydrogen-bond donors (Lipinski definition) is 2. The Bertz CT molecular complexity index is 825. The van der Waals surface area contributed by atoms with Crippen LogP contribution < -0.4 is 5.32 Å². The summed E-state index contributed by atoms with van der Waals surface area (Å²) < 4.78 is 11.1. The number of carbonyl (C=O) groups is 2. The van der Waals surface area contributed by atoms with Crippen molar-refractivity contribution in [3.8, 4) is 0 Å². The molecule has 1 saturated carbocycles. The first-order valence-corrected chi connectivity index (χ1v) is 13.7. The fraction of sp³-hybridized carbons (Fsp3) is 0.692. The van der Waals surface area contributed by atoms with Crippen LogP contribution in [0.1, 0.15) is 25.3 Å². The van der Waals surface area contributed by atoms with Crippen LogP contribution >= 0.6 is 23.2 Å². The predicted octanol–water partition coefficient (Wildman–Crippen LogP) is 1.90. The first kappa shape index (κ1) is 29.1. The number of nitrogens with one attached hydrogen (secondary N) is 1. The molecule has 1 amide bonds. The van der Waals surface area contributed by atoms with Gasteiger partial charge in [-0.15, -0.1) is 23.2 Å². The number of piperazine rings is 1. The zero-order valence-electron chi connectivity index (χ0n) is 21.2. The Morgan fingerprint density at radius 1 is 1.17 bits per heavy atom. The minimum absolute atomic E-state index is 0.196. The zero-order valence-corrected chi connectivity index (χ0v) is 22.7. The lowest BCUT2D eigenvalue weighted by Crippen LogP contribution is -2.56. The van der Waals surface area contributed by atoms with Gasteiger partial charge in [0, 0.05) is 45.8 Å². The van der Waals surface area contributed by atoms with Crippen LogP contribution in [0, 0.1) is 5.92 Å². The van der Waals surface area contributed by atoms with E-state index in [4.69, 9.17) is 32.7 Å².